The van der Waals surface area contributed by atoms with Crippen LogP contribution in [0.5, 0.6) is 0 Å². The summed E-state index contributed by atoms with van der Waals surface area (Å²) in [5.41, 5.74) is 4.06. The number of amides is 1. The number of rotatable bonds is 10. The number of likely N-dealkylation sites (N-methyl/N-ethyl adjacent to an activating group) is 1. The minimum absolute atomic E-state index is 0.157. The third-order valence-electron chi connectivity index (χ3n) is 5.43. The van der Waals surface area contributed by atoms with Crippen molar-refractivity contribution in [1.29, 1.82) is 0 Å². The third-order valence-corrected chi connectivity index (χ3v) is 5.43. The molecule has 0 spiro atoms. The monoisotopic (exact) mass is 420 g/mol. The summed E-state index contributed by atoms with van der Waals surface area (Å²) in [6.07, 6.45) is 1.44. The van der Waals surface area contributed by atoms with E-state index in [2.05, 4.69) is 77.6 Å². The van der Waals surface area contributed by atoms with Gasteiger partial charge >= 0.3 is 0 Å². The third kappa shape index (κ3) is 6.51. The normalized spacial score (nSPS) is 12.3. The van der Waals surface area contributed by atoms with Crippen molar-refractivity contribution in [2.24, 2.45) is 0 Å². The van der Waals surface area contributed by atoms with Gasteiger partial charge in [0.2, 0.25) is 5.89 Å². The molecule has 1 atom stereocenters. The zero-order chi connectivity index (χ0) is 22.2. The van der Waals surface area contributed by atoms with E-state index in [-0.39, 0.29) is 11.9 Å². The first-order valence-corrected chi connectivity index (χ1v) is 10.6. The Bertz CT molecular complexity index is 968. The Kier molecular flexibility index (Phi) is 7.98. The van der Waals surface area contributed by atoms with Crippen molar-refractivity contribution < 1.29 is 9.21 Å². The predicted molar refractivity (Wildman–Crippen MR) is 123 cm³/mol. The maximum absolute atomic E-state index is 12.4. The number of aryl methyl sites for hydroxylation is 1. The fourth-order valence-corrected chi connectivity index (χ4v) is 3.42. The molecule has 0 aliphatic carbocycles. The Morgan fingerprint density at radius 3 is 2.48 bits per heavy atom. The highest BCUT2D eigenvalue weighted by molar-refractivity contribution is 5.91. The van der Waals surface area contributed by atoms with Gasteiger partial charge in [-0.25, -0.2) is 4.98 Å². The SMILES string of the molecule is Cc1ccccc1CN(Cc1nc(C(=O)NCCN(C)C)co1)[C@H](C)c1ccccc1. The number of oxazole rings is 1. The molecule has 0 unspecified atom stereocenters. The second kappa shape index (κ2) is 10.9. The molecule has 2 aromatic carbocycles. The predicted octanol–water partition coefficient (Wildman–Crippen LogP) is 4.04. The highest BCUT2D eigenvalue weighted by Crippen LogP contribution is 2.25. The van der Waals surface area contributed by atoms with E-state index < -0.39 is 0 Å². The van der Waals surface area contributed by atoms with Crippen LogP contribution in [0.3, 0.4) is 0 Å². The average Bonchev–Trinajstić information content (AvgIpc) is 3.23. The van der Waals surface area contributed by atoms with Crippen LogP contribution in [0.1, 0.15) is 46.0 Å². The molecule has 0 bridgehead atoms. The van der Waals surface area contributed by atoms with Crippen LogP contribution >= 0.6 is 0 Å². The molecule has 1 N–H and O–H groups in total. The molecule has 0 fully saturated rings. The van der Waals surface area contributed by atoms with Crippen molar-refractivity contribution in [3.05, 3.63) is 89.1 Å². The van der Waals surface area contributed by atoms with Crippen molar-refractivity contribution in [2.75, 3.05) is 27.2 Å². The van der Waals surface area contributed by atoms with E-state index in [4.69, 9.17) is 4.42 Å². The minimum atomic E-state index is -0.210. The molecule has 0 saturated heterocycles. The number of hydrogen-bond acceptors (Lipinski definition) is 5. The summed E-state index contributed by atoms with van der Waals surface area (Å²) >= 11 is 0. The average molecular weight is 421 g/mol. The Morgan fingerprint density at radius 1 is 1.06 bits per heavy atom. The van der Waals surface area contributed by atoms with Crippen LogP contribution in [0.2, 0.25) is 0 Å². The van der Waals surface area contributed by atoms with Gasteiger partial charge in [0.25, 0.3) is 5.91 Å². The molecule has 31 heavy (non-hydrogen) atoms. The van der Waals surface area contributed by atoms with E-state index in [1.807, 2.05) is 25.1 Å². The molecule has 1 amide bonds. The topological polar surface area (TPSA) is 61.6 Å². The van der Waals surface area contributed by atoms with E-state index in [1.54, 1.807) is 0 Å². The fraction of sp³-hybridized carbons (Fsp3) is 0.360. The summed E-state index contributed by atoms with van der Waals surface area (Å²) in [5.74, 6) is 0.326. The van der Waals surface area contributed by atoms with E-state index >= 15 is 0 Å². The van der Waals surface area contributed by atoms with Gasteiger partial charge < -0.3 is 14.6 Å². The number of nitrogens with one attached hydrogen (secondary N) is 1. The van der Waals surface area contributed by atoms with E-state index in [0.717, 1.165) is 13.1 Å². The van der Waals surface area contributed by atoms with Crippen LogP contribution in [0.4, 0.5) is 0 Å². The molecule has 164 valence electrons. The summed E-state index contributed by atoms with van der Waals surface area (Å²) in [6, 6.07) is 19.0. The fourth-order valence-electron chi connectivity index (χ4n) is 3.42. The number of hydrogen-bond donors (Lipinski definition) is 1. The Labute approximate surface area is 184 Å². The van der Waals surface area contributed by atoms with Crippen molar-refractivity contribution in [3.8, 4) is 0 Å². The summed E-state index contributed by atoms with van der Waals surface area (Å²) in [4.78, 5) is 21.1. The molecule has 3 aromatic rings. The van der Waals surface area contributed by atoms with Crippen LogP contribution in [0.15, 0.2) is 65.3 Å². The molecule has 0 radical (unpaired) electrons. The summed E-state index contributed by atoms with van der Waals surface area (Å²) < 4.78 is 5.67. The van der Waals surface area contributed by atoms with Crippen LogP contribution in [0.25, 0.3) is 0 Å². The van der Waals surface area contributed by atoms with Gasteiger partial charge in [0.05, 0.1) is 6.54 Å². The van der Waals surface area contributed by atoms with Gasteiger partial charge in [0.1, 0.15) is 6.26 Å². The molecule has 1 heterocycles. The Balaban J connectivity index is 1.75. The zero-order valence-electron chi connectivity index (χ0n) is 18.8. The molecule has 0 saturated carbocycles. The summed E-state index contributed by atoms with van der Waals surface area (Å²) in [6.45, 7) is 6.92. The lowest BCUT2D eigenvalue weighted by Crippen LogP contribution is -2.31. The smallest absolute Gasteiger partial charge is 0.273 e. The van der Waals surface area contributed by atoms with Crippen molar-refractivity contribution >= 4 is 5.91 Å². The first kappa shape index (κ1) is 22.7. The highest BCUT2D eigenvalue weighted by atomic mass is 16.3. The quantitative estimate of drug-likeness (QED) is 0.536. The molecule has 1 aromatic heterocycles. The number of benzene rings is 2. The Morgan fingerprint density at radius 2 is 1.77 bits per heavy atom. The van der Waals surface area contributed by atoms with E-state index in [0.29, 0.717) is 24.7 Å². The highest BCUT2D eigenvalue weighted by Gasteiger charge is 2.21. The van der Waals surface area contributed by atoms with Crippen molar-refractivity contribution in [3.63, 3.8) is 0 Å². The first-order chi connectivity index (χ1) is 14.9. The van der Waals surface area contributed by atoms with Crippen molar-refractivity contribution in [2.45, 2.75) is 33.0 Å². The van der Waals surface area contributed by atoms with Crippen LogP contribution < -0.4 is 5.32 Å². The standard InChI is InChI=1S/C25H32N4O2/c1-19-10-8-9-13-22(19)16-29(20(2)21-11-6-5-7-12-21)17-24-27-23(18-31-24)25(30)26-14-15-28(3)4/h5-13,18,20H,14-17H2,1-4H3,(H,26,30)/t20-/m1/s1. The molecule has 0 aliphatic heterocycles. The molecular weight excluding hydrogens is 388 g/mol. The van der Waals surface area contributed by atoms with Gasteiger partial charge in [0, 0.05) is 25.7 Å². The molecule has 6 heteroatoms. The van der Waals surface area contributed by atoms with E-state index in [1.165, 1.54) is 23.0 Å². The van der Waals surface area contributed by atoms with Crippen LogP contribution in [0, 0.1) is 6.92 Å². The lowest BCUT2D eigenvalue weighted by Gasteiger charge is -2.29. The number of carbonyl (C=O) groups is 1. The van der Waals surface area contributed by atoms with Crippen molar-refractivity contribution in [1.82, 2.24) is 20.1 Å². The van der Waals surface area contributed by atoms with Gasteiger partial charge in [-0.3, -0.25) is 9.69 Å². The molecule has 0 aliphatic rings. The lowest BCUT2D eigenvalue weighted by atomic mass is 10.0. The molecule has 3 rings (SSSR count). The summed E-state index contributed by atoms with van der Waals surface area (Å²) in [7, 11) is 3.94. The van der Waals surface area contributed by atoms with Crippen LogP contribution in [-0.4, -0.2) is 47.9 Å². The lowest BCUT2D eigenvalue weighted by molar-refractivity contribution is 0.0946. The maximum atomic E-state index is 12.4. The second-order valence-electron chi connectivity index (χ2n) is 8.10. The number of aromatic nitrogens is 1. The molecule has 6 nitrogen and oxygen atoms in total. The van der Waals surface area contributed by atoms with Gasteiger partial charge in [-0.1, -0.05) is 54.6 Å². The number of nitrogens with zero attached hydrogens (tertiary/aromatic N) is 3. The van der Waals surface area contributed by atoms with Gasteiger partial charge in [0.15, 0.2) is 5.69 Å². The van der Waals surface area contributed by atoms with E-state index in [9.17, 15) is 4.79 Å². The maximum Gasteiger partial charge on any atom is 0.273 e. The second-order valence-corrected chi connectivity index (χ2v) is 8.10. The van der Waals surface area contributed by atoms with Gasteiger partial charge in [-0.2, -0.15) is 0 Å². The largest absolute Gasteiger partial charge is 0.447 e. The zero-order valence-corrected chi connectivity index (χ0v) is 18.8. The summed E-state index contributed by atoms with van der Waals surface area (Å²) in [5, 5.41) is 2.88. The first-order valence-electron chi connectivity index (χ1n) is 10.6. The van der Waals surface area contributed by atoms with Gasteiger partial charge in [-0.05, 0) is 44.6 Å². The number of carbonyl (C=O) groups excluding carboxylic acids is 1. The van der Waals surface area contributed by atoms with Gasteiger partial charge in [-0.15, -0.1) is 0 Å². The van der Waals surface area contributed by atoms with Crippen LogP contribution in [-0.2, 0) is 13.1 Å². The minimum Gasteiger partial charge on any atom is -0.447 e. The Hall–Kier alpha value is -2.96. The molecular formula is C25H32N4O2.